The van der Waals surface area contributed by atoms with Gasteiger partial charge < -0.3 is 13.9 Å². The van der Waals surface area contributed by atoms with E-state index in [4.69, 9.17) is 4.42 Å². The summed E-state index contributed by atoms with van der Waals surface area (Å²) in [7, 11) is 0. The maximum absolute atomic E-state index is 6.49. The molecule has 0 fully saturated rings. The number of furan rings is 1. The summed E-state index contributed by atoms with van der Waals surface area (Å²) in [6, 6.07) is 65.0. The predicted molar refractivity (Wildman–Crippen MR) is 206 cm³/mol. The van der Waals surface area contributed by atoms with E-state index in [-0.39, 0.29) is 0 Å². The smallest absolute Gasteiger partial charge is 0.143 e. The summed E-state index contributed by atoms with van der Waals surface area (Å²) in [5, 5.41) is 7.03. The van der Waals surface area contributed by atoms with E-state index in [2.05, 4.69) is 179 Å². The second kappa shape index (κ2) is 11.0. The van der Waals surface area contributed by atoms with Crippen LogP contribution in [-0.4, -0.2) is 4.57 Å². The van der Waals surface area contributed by atoms with Gasteiger partial charge in [0.25, 0.3) is 0 Å². The summed E-state index contributed by atoms with van der Waals surface area (Å²) in [6.45, 7) is 0. The molecule has 0 saturated carbocycles. The molecule has 0 aliphatic rings. The molecule has 3 nitrogen and oxygen atoms in total. The number of hydrogen-bond donors (Lipinski definition) is 0. The first-order valence-corrected chi connectivity index (χ1v) is 16.7. The van der Waals surface area contributed by atoms with E-state index in [0.29, 0.717) is 0 Å². The fourth-order valence-corrected chi connectivity index (χ4v) is 7.48. The number of hydrogen-bond acceptors (Lipinski definition) is 2. The first kappa shape index (κ1) is 27.5. The van der Waals surface area contributed by atoms with Gasteiger partial charge in [-0.05, 0) is 89.3 Å². The summed E-state index contributed by atoms with van der Waals surface area (Å²) in [5.41, 5.74) is 10.9. The number of anilines is 3. The van der Waals surface area contributed by atoms with Crippen molar-refractivity contribution in [1.29, 1.82) is 0 Å². The third-order valence-corrected chi connectivity index (χ3v) is 9.76. The minimum Gasteiger partial charge on any atom is -0.455 e. The van der Waals surface area contributed by atoms with Crippen LogP contribution in [0, 0.1) is 0 Å². The van der Waals surface area contributed by atoms with Gasteiger partial charge in [-0.3, -0.25) is 0 Å². The van der Waals surface area contributed by atoms with E-state index in [1.807, 2.05) is 12.1 Å². The second-order valence-electron chi connectivity index (χ2n) is 12.6. The van der Waals surface area contributed by atoms with Crippen LogP contribution >= 0.6 is 0 Å². The van der Waals surface area contributed by atoms with Crippen molar-refractivity contribution >= 4 is 71.6 Å². The molecule has 0 amide bonds. The maximum atomic E-state index is 6.49. The van der Waals surface area contributed by atoms with Crippen LogP contribution in [0.1, 0.15) is 0 Å². The molecule has 49 heavy (non-hydrogen) atoms. The van der Waals surface area contributed by atoms with Crippen molar-refractivity contribution in [3.05, 3.63) is 182 Å². The Bertz CT molecular complexity index is 2770. The second-order valence-corrected chi connectivity index (χ2v) is 12.6. The van der Waals surface area contributed by atoms with Crippen molar-refractivity contribution < 1.29 is 4.42 Å². The molecule has 8 aromatic carbocycles. The van der Waals surface area contributed by atoms with Crippen LogP contribution in [0.4, 0.5) is 17.1 Å². The van der Waals surface area contributed by atoms with E-state index in [9.17, 15) is 0 Å². The zero-order valence-corrected chi connectivity index (χ0v) is 26.6. The highest BCUT2D eigenvalue weighted by Gasteiger charge is 2.18. The Kier molecular flexibility index (Phi) is 6.18. The lowest BCUT2D eigenvalue weighted by Crippen LogP contribution is -2.10. The number of fused-ring (bicyclic) bond motifs is 8. The Morgan fingerprint density at radius 1 is 0.388 bits per heavy atom. The van der Waals surface area contributed by atoms with Crippen molar-refractivity contribution in [2.75, 3.05) is 4.90 Å². The molecule has 0 aliphatic carbocycles. The average molecular weight is 627 g/mol. The quantitative estimate of drug-likeness (QED) is 0.190. The number of para-hydroxylation sites is 3. The van der Waals surface area contributed by atoms with E-state index in [0.717, 1.165) is 55.5 Å². The minimum absolute atomic E-state index is 0.906. The van der Waals surface area contributed by atoms with Gasteiger partial charge in [0.1, 0.15) is 11.2 Å². The van der Waals surface area contributed by atoms with Crippen LogP contribution in [-0.2, 0) is 0 Å². The molecule has 0 atom stereocenters. The molecule has 0 radical (unpaired) electrons. The van der Waals surface area contributed by atoms with Crippen molar-refractivity contribution in [1.82, 2.24) is 4.57 Å². The van der Waals surface area contributed by atoms with Crippen LogP contribution in [0.15, 0.2) is 186 Å². The van der Waals surface area contributed by atoms with Crippen LogP contribution in [0.5, 0.6) is 0 Å². The van der Waals surface area contributed by atoms with E-state index < -0.39 is 0 Å². The molecule has 0 aliphatic heterocycles. The maximum Gasteiger partial charge on any atom is 0.143 e. The van der Waals surface area contributed by atoms with Crippen LogP contribution in [0.25, 0.3) is 71.3 Å². The summed E-state index contributed by atoms with van der Waals surface area (Å²) in [5.74, 6) is 0. The van der Waals surface area contributed by atoms with E-state index in [1.54, 1.807) is 0 Å². The van der Waals surface area contributed by atoms with Gasteiger partial charge in [-0.2, -0.15) is 0 Å². The van der Waals surface area contributed by atoms with E-state index in [1.165, 1.54) is 32.9 Å². The largest absolute Gasteiger partial charge is 0.455 e. The molecule has 10 aromatic rings. The number of benzene rings is 8. The third kappa shape index (κ3) is 4.44. The van der Waals surface area contributed by atoms with Gasteiger partial charge in [-0.1, -0.05) is 109 Å². The number of aromatic nitrogens is 1. The summed E-state index contributed by atoms with van der Waals surface area (Å²) in [4.78, 5) is 2.35. The molecule has 0 saturated heterocycles. The lowest BCUT2D eigenvalue weighted by atomic mass is 10.0. The Balaban J connectivity index is 1.17. The molecule has 3 heteroatoms. The summed E-state index contributed by atoms with van der Waals surface area (Å²) >= 11 is 0. The van der Waals surface area contributed by atoms with Gasteiger partial charge in [-0.15, -0.1) is 0 Å². The number of nitrogens with zero attached hydrogens (tertiary/aromatic N) is 2. The highest BCUT2D eigenvalue weighted by atomic mass is 16.3. The molecular formula is C46H30N2O. The standard InChI is InChI=1S/C46H30N2O/c1-2-11-31(12-3-1)33-13-10-14-36(29-33)47(37-23-21-32-22-28-41-40-17-6-9-20-45(40)49-46(41)42(32)30-37)34-24-26-35(27-25-34)48-43-18-7-4-15-38(43)39-16-5-8-19-44(39)48/h1-30H. The highest BCUT2D eigenvalue weighted by Crippen LogP contribution is 2.41. The predicted octanol–water partition coefficient (Wildman–Crippen LogP) is 13.0. The van der Waals surface area contributed by atoms with Crippen molar-refractivity contribution in [2.45, 2.75) is 0 Å². The first-order valence-electron chi connectivity index (χ1n) is 16.7. The molecule has 2 aromatic heterocycles. The molecule has 230 valence electrons. The Hall–Kier alpha value is -6.58. The van der Waals surface area contributed by atoms with E-state index >= 15 is 0 Å². The van der Waals surface area contributed by atoms with Crippen LogP contribution in [0.3, 0.4) is 0 Å². The molecule has 0 unspecified atom stereocenters. The van der Waals surface area contributed by atoms with Gasteiger partial charge in [0, 0.05) is 49.7 Å². The topological polar surface area (TPSA) is 21.3 Å². The lowest BCUT2D eigenvalue weighted by molar-refractivity contribution is 0.672. The third-order valence-electron chi connectivity index (χ3n) is 9.76. The van der Waals surface area contributed by atoms with Crippen LogP contribution < -0.4 is 4.90 Å². The fraction of sp³-hybridized carbons (Fsp3) is 0. The monoisotopic (exact) mass is 626 g/mol. The van der Waals surface area contributed by atoms with Gasteiger partial charge in [0.2, 0.25) is 0 Å². The average Bonchev–Trinajstić information content (AvgIpc) is 3.72. The zero-order chi connectivity index (χ0) is 32.3. The van der Waals surface area contributed by atoms with Gasteiger partial charge in [0.15, 0.2) is 0 Å². The number of rotatable bonds is 5. The molecule has 0 spiro atoms. The van der Waals surface area contributed by atoms with Gasteiger partial charge in [0.05, 0.1) is 11.0 Å². The van der Waals surface area contributed by atoms with Crippen molar-refractivity contribution in [3.8, 4) is 16.8 Å². The Morgan fingerprint density at radius 2 is 1.00 bits per heavy atom. The minimum atomic E-state index is 0.906. The molecular weight excluding hydrogens is 597 g/mol. The van der Waals surface area contributed by atoms with Crippen molar-refractivity contribution in [2.24, 2.45) is 0 Å². The van der Waals surface area contributed by atoms with Gasteiger partial charge in [-0.25, -0.2) is 0 Å². The van der Waals surface area contributed by atoms with Gasteiger partial charge >= 0.3 is 0 Å². The normalized spacial score (nSPS) is 11.7. The molecule has 0 N–H and O–H groups in total. The Morgan fingerprint density at radius 3 is 1.78 bits per heavy atom. The summed E-state index contributed by atoms with van der Waals surface area (Å²) in [6.07, 6.45) is 0. The summed E-state index contributed by atoms with van der Waals surface area (Å²) < 4.78 is 8.86. The van der Waals surface area contributed by atoms with Crippen LogP contribution in [0.2, 0.25) is 0 Å². The molecule has 10 rings (SSSR count). The fourth-order valence-electron chi connectivity index (χ4n) is 7.48. The molecule has 0 bridgehead atoms. The zero-order valence-electron chi connectivity index (χ0n) is 26.6. The highest BCUT2D eigenvalue weighted by molar-refractivity contribution is 6.15. The lowest BCUT2D eigenvalue weighted by Gasteiger charge is -2.26. The SMILES string of the molecule is c1ccc(-c2cccc(N(c3ccc(-n4c5ccccc5c5ccccc54)cc3)c3ccc4ccc5c6ccccc6oc5c4c3)c2)cc1. The Labute approximate surface area is 283 Å². The molecule has 2 heterocycles. The first-order chi connectivity index (χ1) is 24.3. The van der Waals surface area contributed by atoms with Crippen molar-refractivity contribution in [3.63, 3.8) is 0 Å².